The summed E-state index contributed by atoms with van der Waals surface area (Å²) in [6.45, 7) is 3.46. The van der Waals surface area contributed by atoms with Crippen molar-refractivity contribution in [2.75, 3.05) is 18.6 Å². The highest BCUT2D eigenvalue weighted by Gasteiger charge is 2.13. The van der Waals surface area contributed by atoms with Gasteiger partial charge in [-0.15, -0.1) is 0 Å². The van der Waals surface area contributed by atoms with Gasteiger partial charge in [-0.1, -0.05) is 17.9 Å². The Labute approximate surface area is 122 Å². The van der Waals surface area contributed by atoms with Crippen LogP contribution >= 0.6 is 0 Å². The van der Waals surface area contributed by atoms with Crippen molar-refractivity contribution in [3.8, 4) is 11.8 Å². The fourth-order valence-corrected chi connectivity index (χ4v) is 2.57. The number of carbonyl (C=O) groups excluding carboxylic acids is 1. The van der Waals surface area contributed by atoms with E-state index in [-0.39, 0.29) is 18.6 Å². The number of hydrogen-bond donors (Lipinski definition) is 2. The van der Waals surface area contributed by atoms with Gasteiger partial charge in [-0.3, -0.25) is 9.00 Å². The summed E-state index contributed by atoms with van der Waals surface area (Å²) >= 11 is 0. The van der Waals surface area contributed by atoms with Crippen molar-refractivity contribution in [1.82, 2.24) is 5.32 Å². The van der Waals surface area contributed by atoms with Crippen molar-refractivity contribution in [1.29, 1.82) is 0 Å². The van der Waals surface area contributed by atoms with Crippen molar-refractivity contribution in [2.45, 2.75) is 19.9 Å². The minimum Gasteiger partial charge on any atom is -0.384 e. The highest BCUT2D eigenvalue weighted by Crippen LogP contribution is 2.11. The summed E-state index contributed by atoms with van der Waals surface area (Å²) in [7, 11) is -0.947. The Morgan fingerprint density at radius 1 is 1.50 bits per heavy atom. The average molecular weight is 293 g/mol. The molecule has 2 N–H and O–H groups in total. The lowest BCUT2D eigenvalue weighted by Crippen LogP contribution is -2.36. The van der Waals surface area contributed by atoms with Gasteiger partial charge in [-0.2, -0.15) is 0 Å². The first kappa shape index (κ1) is 16.4. The van der Waals surface area contributed by atoms with E-state index in [1.54, 1.807) is 18.4 Å². The molecule has 2 unspecified atom stereocenters. The summed E-state index contributed by atoms with van der Waals surface area (Å²) in [5, 5.41) is 11.5. The predicted octanol–water partition coefficient (Wildman–Crippen LogP) is 0.836. The molecule has 20 heavy (non-hydrogen) atoms. The molecule has 4 nitrogen and oxygen atoms in total. The third-order valence-corrected chi connectivity index (χ3v) is 3.63. The molecule has 1 amide bonds. The topological polar surface area (TPSA) is 66.4 Å². The quantitative estimate of drug-likeness (QED) is 0.808. The molecule has 1 rings (SSSR count). The lowest BCUT2D eigenvalue weighted by Gasteiger charge is -2.13. The highest BCUT2D eigenvalue weighted by molar-refractivity contribution is 7.84. The number of hydrogen-bond acceptors (Lipinski definition) is 3. The van der Waals surface area contributed by atoms with E-state index in [2.05, 4.69) is 17.2 Å². The fraction of sp³-hybridized carbons (Fsp3) is 0.400. The maximum atomic E-state index is 12.2. The summed E-state index contributed by atoms with van der Waals surface area (Å²) in [6.07, 6.45) is 1.61. The molecule has 0 aliphatic carbocycles. The van der Waals surface area contributed by atoms with Gasteiger partial charge in [0.2, 0.25) is 0 Å². The number of aliphatic hydroxyl groups excluding tert-OH is 1. The van der Waals surface area contributed by atoms with Crippen molar-refractivity contribution < 1.29 is 14.1 Å². The Kier molecular flexibility index (Phi) is 6.43. The van der Waals surface area contributed by atoms with Gasteiger partial charge in [0.15, 0.2) is 0 Å². The first-order valence-electron chi connectivity index (χ1n) is 6.25. The molecule has 0 bridgehead atoms. The summed E-state index contributed by atoms with van der Waals surface area (Å²) in [6, 6.07) is 5.17. The van der Waals surface area contributed by atoms with Crippen LogP contribution in [0, 0.1) is 18.8 Å². The molecule has 5 heteroatoms. The minimum absolute atomic E-state index is 0.153. The van der Waals surface area contributed by atoms with Crippen LogP contribution < -0.4 is 5.32 Å². The van der Waals surface area contributed by atoms with Crippen LogP contribution in [0.15, 0.2) is 18.2 Å². The van der Waals surface area contributed by atoms with E-state index in [9.17, 15) is 9.00 Å². The van der Waals surface area contributed by atoms with E-state index in [1.807, 2.05) is 19.9 Å². The van der Waals surface area contributed by atoms with E-state index >= 15 is 0 Å². The van der Waals surface area contributed by atoms with Crippen molar-refractivity contribution in [2.24, 2.45) is 0 Å². The largest absolute Gasteiger partial charge is 0.384 e. The molecule has 0 heterocycles. The van der Waals surface area contributed by atoms with Gasteiger partial charge in [0.1, 0.15) is 6.61 Å². The van der Waals surface area contributed by atoms with E-state index in [1.165, 1.54) is 0 Å². The van der Waals surface area contributed by atoms with Gasteiger partial charge < -0.3 is 10.4 Å². The number of amides is 1. The maximum absolute atomic E-state index is 12.2. The third-order valence-electron chi connectivity index (χ3n) is 2.66. The third kappa shape index (κ3) is 5.16. The van der Waals surface area contributed by atoms with Crippen molar-refractivity contribution in [3.05, 3.63) is 34.9 Å². The Morgan fingerprint density at radius 3 is 2.80 bits per heavy atom. The van der Waals surface area contributed by atoms with Crippen LogP contribution in [0.25, 0.3) is 0 Å². The van der Waals surface area contributed by atoms with E-state index in [0.717, 1.165) is 5.56 Å². The summed E-state index contributed by atoms with van der Waals surface area (Å²) < 4.78 is 11.1. The van der Waals surface area contributed by atoms with Gasteiger partial charge in [0.25, 0.3) is 5.91 Å². The predicted molar refractivity (Wildman–Crippen MR) is 81.0 cm³/mol. The standard InChI is InChI=1S/C15H19NO3S/c1-11-6-7-13(5-4-8-17)9-14(11)15(18)16-12(2)10-20(3)19/h6-7,9,12,17H,8,10H2,1-3H3,(H,16,18). The molecular formula is C15H19NO3S. The van der Waals surface area contributed by atoms with Gasteiger partial charge in [-0.05, 0) is 31.5 Å². The molecule has 0 aromatic heterocycles. The number of aryl methyl sites for hydroxylation is 1. The van der Waals surface area contributed by atoms with E-state index in [0.29, 0.717) is 16.9 Å². The normalized spacial score (nSPS) is 13.0. The molecular weight excluding hydrogens is 274 g/mol. The Hall–Kier alpha value is -1.64. The number of rotatable bonds is 4. The van der Waals surface area contributed by atoms with Crippen LogP contribution in [0.4, 0.5) is 0 Å². The zero-order valence-corrected chi connectivity index (χ0v) is 12.7. The second-order valence-electron chi connectivity index (χ2n) is 4.60. The smallest absolute Gasteiger partial charge is 0.251 e. The van der Waals surface area contributed by atoms with Crippen molar-refractivity contribution >= 4 is 16.7 Å². The average Bonchev–Trinajstić information content (AvgIpc) is 2.36. The summed E-state index contributed by atoms with van der Waals surface area (Å²) in [4.78, 5) is 12.2. The molecule has 0 radical (unpaired) electrons. The Bertz CT molecular complexity index is 572. The molecule has 0 fully saturated rings. The molecule has 0 saturated carbocycles. The minimum atomic E-state index is -0.947. The summed E-state index contributed by atoms with van der Waals surface area (Å²) in [5.41, 5.74) is 2.08. The molecule has 0 spiro atoms. The fourth-order valence-electron chi connectivity index (χ4n) is 1.78. The lowest BCUT2D eigenvalue weighted by molar-refractivity contribution is 0.0943. The molecule has 0 aliphatic heterocycles. The number of aliphatic hydroxyl groups is 1. The summed E-state index contributed by atoms with van der Waals surface area (Å²) in [5.74, 6) is 5.55. The molecule has 0 saturated heterocycles. The van der Waals surface area contributed by atoms with Crippen LogP contribution in [0.2, 0.25) is 0 Å². The molecule has 108 valence electrons. The monoisotopic (exact) mass is 293 g/mol. The zero-order valence-electron chi connectivity index (χ0n) is 11.9. The van der Waals surface area contributed by atoms with Crippen LogP contribution in [0.5, 0.6) is 0 Å². The number of benzene rings is 1. The number of carbonyl (C=O) groups is 1. The van der Waals surface area contributed by atoms with Gasteiger partial charge in [-0.25, -0.2) is 0 Å². The Balaban J connectivity index is 2.89. The first-order valence-corrected chi connectivity index (χ1v) is 7.98. The van der Waals surface area contributed by atoms with Gasteiger partial charge >= 0.3 is 0 Å². The van der Waals surface area contributed by atoms with Gasteiger partial charge in [0.05, 0.1) is 0 Å². The zero-order chi connectivity index (χ0) is 15.1. The first-order chi connectivity index (χ1) is 9.43. The van der Waals surface area contributed by atoms with E-state index in [4.69, 9.17) is 5.11 Å². The van der Waals surface area contributed by atoms with E-state index < -0.39 is 10.8 Å². The van der Waals surface area contributed by atoms with Crippen molar-refractivity contribution in [3.63, 3.8) is 0 Å². The Morgan fingerprint density at radius 2 is 2.20 bits per heavy atom. The second kappa shape index (κ2) is 7.83. The number of nitrogens with one attached hydrogen (secondary N) is 1. The van der Waals surface area contributed by atoms with Gasteiger partial charge in [0, 0.05) is 40.0 Å². The SMILES string of the molecule is Cc1ccc(C#CCO)cc1C(=O)NC(C)CS(C)=O. The van der Waals surface area contributed by atoms with Crippen LogP contribution in [-0.2, 0) is 10.8 Å². The molecule has 2 atom stereocenters. The second-order valence-corrected chi connectivity index (χ2v) is 6.08. The van der Waals surface area contributed by atoms with Crippen LogP contribution in [0.3, 0.4) is 0 Å². The van der Waals surface area contributed by atoms with Crippen LogP contribution in [0.1, 0.15) is 28.4 Å². The molecule has 1 aromatic carbocycles. The maximum Gasteiger partial charge on any atom is 0.251 e. The molecule has 1 aromatic rings. The molecule has 0 aliphatic rings. The lowest BCUT2D eigenvalue weighted by atomic mass is 10.0. The van der Waals surface area contributed by atoms with Crippen LogP contribution in [-0.4, -0.2) is 39.9 Å². The highest BCUT2D eigenvalue weighted by atomic mass is 32.2.